The Balaban J connectivity index is 2.71. The molecule has 0 fully saturated rings. The molecule has 0 aromatic carbocycles. The predicted octanol–water partition coefficient (Wildman–Crippen LogP) is -0.164. The van der Waals surface area contributed by atoms with Gasteiger partial charge in [-0.15, -0.1) is 0 Å². The summed E-state index contributed by atoms with van der Waals surface area (Å²) >= 11 is 0. The molecule has 0 saturated carbocycles. The number of sulfonamides is 1. The molecule has 0 saturated heterocycles. The quantitative estimate of drug-likeness (QED) is 0.678. The summed E-state index contributed by atoms with van der Waals surface area (Å²) < 4.78 is 48.1. The fourth-order valence-electron chi connectivity index (χ4n) is 1.40. The van der Waals surface area contributed by atoms with Crippen molar-refractivity contribution in [3.05, 3.63) is 18.3 Å². The largest absolute Gasteiger partial charge is 0.386 e. The number of nitrogens with one attached hydrogen (secondary N) is 2. The molecule has 9 heteroatoms. The van der Waals surface area contributed by atoms with E-state index in [4.69, 9.17) is 0 Å². The van der Waals surface area contributed by atoms with Crippen LogP contribution in [0, 0.1) is 0 Å². The van der Waals surface area contributed by atoms with E-state index in [1.165, 1.54) is 6.20 Å². The van der Waals surface area contributed by atoms with Crippen LogP contribution in [0.3, 0.4) is 0 Å². The highest BCUT2D eigenvalue weighted by Crippen LogP contribution is 2.16. The maximum absolute atomic E-state index is 12.0. The molecular weight excluding hydrogens is 290 g/mol. The summed E-state index contributed by atoms with van der Waals surface area (Å²) in [5, 5.41) is 2.64. The molecule has 0 spiro atoms. The van der Waals surface area contributed by atoms with Gasteiger partial charge in [0.15, 0.2) is 5.03 Å². The first kappa shape index (κ1) is 15.9. The standard InChI is InChI=1S/C10H17N3O4S2/c1-11-9-5-3-6-12-10(9)19(16,17)13-7-4-8-18(2,14)15/h3,5-6,11,13H,4,7-8H2,1-2H3. The van der Waals surface area contributed by atoms with Gasteiger partial charge in [0.05, 0.1) is 11.4 Å². The Morgan fingerprint density at radius 2 is 1.95 bits per heavy atom. The summed E-state index contributed by atoms with van der Waals surface area (Å²) in [6.45, 7) is 0.0507. The number of sulfone groups is 1. The monoisotopic (exact) mass is 307 g/mol. The number of rotatable bonds is 7. The molecule has 0 aliphatic carbocycles. The number of hydrogen-bond donors (Lipinski definition) is 2. The Hall–Kier alpha value is -1.19. The minimum atomic E-state index is -3.74. The molecule has 7 nitrogen and oxygen atoms in total. The van der Waals surface area contributed by atoms with Gasteiger partial charge in [-0.2, -0.15) is 0 Å². The third-order valence-corrected chi connectivity index (χ3v) is 4.73. The van der Waals surface area contributed by atoms with E-state index >= 15 is 0 Å². The highest BCUT2D eigenvalue weighted by Gasteiger charge is 2.19. The summed E-state index contributed by atoms with van der Waals surface area (Å²) in [6, 6.07) is 3.21. The summed E-state index contributed by atoms with van der Waals surface area (Å²) in [5.74, 6) is -0.0589. The second-order valence-electron chi connectivity index (χ2n) is 3.99. The average molecular weight is 307 g/mol. The van der Waals surface area contributed by atoms with E-state index in [-0.39, 0.29) is 23.7 Å². The van der Waals surface area contributed by atoms with Crippen LogP contribution in [-0.4, -0.2) is 47.4 Å². The van der Waals surface area contributed by atoms with Gasteiger partial charge in [0.25, 0.3) is 10.0 Å². The number of anilines is 1. The van der Waals surface area contributed by atoms with Crippen molar-refractivity contribution < 1.29 is 16.8 Å². The van der Waals surface area contributed by atoms with Gasteiger partial charge in [0, 0.05) is 26.0 Å². The number of pyridine rings is 1. The van der Waals surface area contributed by atoms with Crippen molar-refractivity contribution in [1.29, 1.82) is 0 Å². The first-order valence-corrected chi connectivity index (χ1v) is 9.11. The van der Waals surface area contributed by atoms with E-state index in [0.717, 1.165) is 6.26 Å². The van der Waals surface area contributed by atoms with Gasteiger partial charge in [0.1, 0.15) is 9.84 Å². The molecule has 0 atom stereocenters. The predicted molar refractivity (Wildman–Crippen MR) is 73.3 cm³/mol. The van der Waals surface area contributed by atoms with E-state index in [9.17, 15) is 16.8 Å². The molecule has 1 aromatic rings. The summed E-state index contributed by atoms with van der Waals surface area (Å²) in [7, 11) is -5.22. The van der Waals surface area contributed by atoms with Crippen LogP contribution in [0.25, 0.3) is 0 Å². The maximum Gasteiger partial charge on any atom is 0.260 e. The first-order valence-electron chi connectivity index (χ1n) is 5.56. The van der Waals surface area contributed by atoms with Crippen LogP contribution in [0.4, 0.5) is 5.69 Å². The Bertz CT molecular complexity index is 626. The van der Waals surface area contributed by atoms with Crippen LogP contribution in [0.1, 0.15) is 6.42 Å². The van der Waals surface area contributed by atoms with Crippen LogP contribution >= 0.6 is 0 Å². The van der Waals surface area contributed by atoms with Gasteiger partial charge in [0.2, 0.25) is 0 Å². The Morgan fingerprint density at radius 3 is 2.53 bits per heavy atom. The van der Waals surface area contributed by atoms with E-state index in [1.807, 2.05) is 0 Å². The van der Waals surface area contributed by atoms with E-state index in [1.54, 1.807) is 19.2 Å². The minimum absolute atomic E-state index is 0.0507. The molecule has 1 aromatic heterocycles. The lowest BCUT2D eigenvalue weighted by Gasteiger charge is -2.09. The topological polar surface area (TPSA) is 105 Å². The van der Waals surface area contributed by atoms with E-state index in [0.29, 0.717) is 5.69 Å². The molecule has 0 amide bonds. The van der Waals surface area contributed by atoms with Crippen LogP contribution in [-0.2, 0) is 19.9 Å². The molecular formula is C10H17N3O4S2. The van der Waals surface area contributed by atoms with Crippen LogP contribution in [0.5, 0.6) is 0 Å². The highest BCUT2D eigenvalue weighted by molar-refractivity contribution is 7.90. The second-order valence-corrected chi connectivity index (χ2v) is 7.93. The van der Waals surface area contributed by atoms with Crippen molar-refractivity contribution in [2.75, 3.05) is 30.9 Å². The number of aromatic nitrogens is 1. The van der Waals surface area contributed by atoms with Crippen molar-refractivity contribution >= 4 is 25.5 Å². The molecule has 0 unspecified atom stereocenters. The van der Waals surface area contributed by atoms with Crippen LogP contribution in [0.15, 0.2) is 23.4 Å². The normalized spacial score (nSPS) is 12.3. The molecule has 0 aliphatic rings. The van der Waals surface area contributed by atoms with Crippen LogP contribution < -0.4 is 10.0 Å². The fourth-order valence-corrected chi connectivity index (χ4v) is 3.28. The van der Waals surface area contributed by atoms with Gasteiger partial charge in [-0.05, 0) is 18.6 Å². The van der Waals surface area contributed by atoms with Gasteiger partial charge >= 0.3 is 0 Å². The Labute approximate surface area is 113 Å². The molecule has 0 radical (unpaired) electrons. The smallest absolute Gasteiger partial charge is 0.260 e. The number of nitrogens with zero attached hydrogens (tertiary/aromatic N) is 1. The van der Waals surface area contributed by atoms with Crippen molar-refractivity contribution in [2.24, 2.45) is 0 Å². The Morgan fingerprint density at radius 1 is 1.26 bits per heavy atom. The van der Waals surface area contributed by atoms with Crippen molar-refractivity contribution in [2.45, 2.75) is 11.4 Å². The zero-order valence-corrected chi connectivity index (χ0v) is 12.4. The molecule has 0 aliphatic heterocycles. The van der Waals surface area contributed by atoms with Crippen molar-refractivity contribution in [1.82, 2.24) is 9.71 Å². The minimum Gasteiger partial charge on any atom is -0.386 e. The molecule has 19 heavy (non-hydrogen) atoms. The number of hydrogen-bond acceptors (Lipinski definition) is 6. The maximum atomic E-state index is 12.0. The average Bonchev–Trinajstić information content (AvgIpc) is 2.33. The molecule has 1 heterocycles. The lowest BCUT2D eigenvalue weighted by molar-refractivity contribution is 0.574. The van der Waals surface area contributed by atoms with Gasteiger partial charge < -0.3 is 5.32 Å². The van der Waals surface area contributed by atoms with E-state index < -0.39 is 19.9 Å². The molecule has 108 valence electrons. The SMILES string of the molecule is CNc1cccnc1S(=O)(=O)NCCCS(C)(=O)=O. The molecule has 0 bridgehead atoms. The lowest BCUT2D eigenvalue weighted by atomic mass is 10.4. The molecule has 2 N–H and O–H groups in total. The van der Waals surface area contributed by atoms with Crippen molar-refractivity contribution in [3.63, 3.8) is 0 Å². The molecule has 1 rings (SSSR count). The van der Waals surface area contributed by atoms with E-state index in [2.05, 4.69) is 15.0 Å². The summed E-state index contributed by atoms with van der Waals surface area (Å²) in [5.41, 5.74) is 0.387. The van der Waals surface area contributed by atoms with Gasteiger partial charge in [-0.3, -0.25) is 0 Å². The van der Waals surface area contributed by atoms with Gasteiger partial charge in [-0.1, -0.05) is 0 Å². The zero-order chi connectivity index (χ0) is 14.5. The third-order valence-electron chi connectivity index (χ3n) is 2.28. The third kappa shape index (κ3) is 5.13. The van der Waals surface area contributed by atoms with Crippen LogP contribution in [0.2, 0.25) is 0 Å². The van der Waals surface area contributed by atoms with Crippen molar-refractivity contribution in [3.8, 4) is 0 Å². The zero-order valence-electron chi connectivity index (χ0n) is 10.8. The summed E-state index contributed by atoms with van der Waals surface area (Å²) in [6.07, 6.45) is 2.71. The summed E-state index contributed by atoms with van der Waals surface area (Å²) in [4.78, 5) is 3.82. The Kier molecular flexibility index (Phi) is 5.27. The van der Waals surface area contributed by atoms with Gasteiger partial charge in [-0.25, -0.2) is 26.5 Å². The highest BCUT2D eigenvalue weighted by atomic mass is 32.2. The second kappa shape index (κ2) is 6.31. The first-order chi connectivity index (χ1) is 8.76. The fraction of sp³-hybridized carbons (Fsp3) is 0.500. The lowest BCUT2D eigenvalue weighted by Crippen LogP contribution is -2.27.